The summed E-state index contributed by atoms with van der Waals surface area (Å²) < 4.78 is 0. The van der Waals surface area contributed by atoms with E-state index in [0.717, 1.165) is 17.4 Å². The van der Waals surface area contributed by atoms with E-state index in [1.54, 1.807) is 11.8 Å². The van der Waals surface area contributed by atoms with Gasteiger partial charge in [0.05, 0.1) is 15.4 Å². The molecule has 0 fully saturated rings. The Labute approximate surface area is 160 Å². The summed E-state index contributed by atoms with van der Waals surface area (Å²) in [7, 11) is 0. The van der Waals surface area contributed by atoms with Crippen molar-refractivity contribution in [3.8, 4) is 6.07 Å². The first kappa shape index (κ1) is 20.1. The molecule has 1 aromatic carbocycles. The van der Waals surface area contributed by atoms with Crippen molar-refractivity contribution in [2.24, 2.45) is 0 Å². The highest BCUT2D eigenvalue weighted by Gasteiger charge is 2.24. The molecule has 0 radical (unpaired) electrons. The van der Waals surface area contributed by atoms with Crippen LogP contribution in [-0.4, -0.2) is 34.7 Å². The number of rotatable bonds is 6. The van der Waals surface area contributed by atoms with Crippen molar-refractivity contribution in [3.05, 3.63) is 55.9 Å². The fourth-order valence-corrected chi connectivity index (χ4v) is 3.65. The molecular formula is C18H18N4O4S. The zero-order valence-corrected chi connectivity index (χ0v) is 15.9. The fourth-order valence-electron chi connectivity index (χ4n) is 2.53. The number of non-ortho nitro benzene ring substituents is 1. The number of anilines is 1. The number of carbonyl (C=O) groups excluding carboxylic acids is 2. The number of carbonyl (C=O) groups is 2. The van der Waals surface area contributed by atoms with Crippen LogP contribution in [0.5, 0.6) is 0 Å². The maximum atomic E-state index is 12.6. The lowest BCUT2D eigenvalue weighted by molar-refractivity contribution is -0.384. The predicted octanol–water partition coefficient (Wildman–Crippen LogP) is 3.57. The average Bonchev–Trinajstić information content (AvgIpc) is 2.97. The van der Waals surface area contributed by atoms with Gasteiger partial charge in [0.15, 0.2) is 0 Å². The van der Waals surface area contributed by atoms with E-state index in [1.807, 2.05) is 19.9 Å². The second kappa shape index (κ2) is 8.42. The normalized spacial score (nSPS) is 10.1. The molecule has 140 valence electrons. The number of nitrogens with one attached hydrogen (secondary N) is 1. The smallest absolute Gasteiger partial charge is 0.270 e. The quantitative estimate of drug-likeness (QED) is 0.602. The second-order valence-electron chi connectivity index (χ2n) is 5.61. The molecule has 1 aromatic heterocycles. The molecule has 2 rings (SSSR count). The Morgan fingerprint density at radius 1 is 1.33 bits per heavy atom. The van der Waals surface area contributed by atoms with Crippen molar-refractivity contribution in [2.75, 3.05) is 18.4 Å². The van der Waals surface area contributed by atoms with Gasteiger partial charge in [0.2, 0.25) is 0 Å². The van der Waals surface area contributed by atoms with E-state index in [0.29, 0.717) is 23.5 Å². The van der Waals surface area contributed by atoms with E-state index >= 15 is 0 Å². The number of nitriles is 1. The number of amides is 2. The maximum Gasteiger partial charge on any atom is 0.270 e. The van der Waals surface area contributed by atoms with Crippen molar-refractivity contribution in [3.63, 3.8) is 0 Å². The van der Waals surface area contributed by atoms with Gasteiger partial charge >= 0.3 is 0 Å². The average molecular weight is 386 g/mol. The third-order valence-corrected chi connectivity index (χ3v) is 5.24. The summed E-state index contributed by atoms with van der Waals surface area (Å²) in [5.41, 5.74) is 0.613. The van der Waals surface area contributed by atoms with Gasteiger partial charge < -0.3 is 10.2 Å². The molecule has 0 bridgehead atoms. The fraction of sp³-hybridized carbons (Fsp3) is 0.278. The topological polar surface area (TPSA) is 116 Å². The molecule has 0 aliphatic carbocycles. The van der Waals surface area contributed by atoms with Crippen LogP contribution < -0.4 is 5.32 Å². The predicted molar refractivity (Wildman–Crippen MR) is 102 cm³/mol. The van der Waals surface area contributed by atoms with Crippen LogP contribution in [-0.2, 0) is 0 Å². The summed E-state index contributed by atoms with van der Waals surface area (Å²) in [6.07, 6.45) is 0. The van der Waals surface area contributed by atoms with Gasteiger partial charge in [-0.05, 0) is 32.4 Å². The molecule has 0 unspecified atom stereocenters. The van der Waals surface area contributed by atoms with Crippen LogP contribution in [0.3, 0.4) is 0 Å². The third kappa shape index (κ3) is 4.12. The molecule has 2 amide bonds. The van der Waals surface area contributed by atoms with Gasteiger partial charge in [0.1, 0.15) is 11.1 Å². The lowest BCUT2D eigenvalue weighted by Gasteiger charge is -2.17. The molecule has 0 saturated heterocycles. The highest BCUT2D eigenvalue weighted by Crippen LogP contribution is 2.33. The number of nitrogens with zero attached hydrogens (tertiary/aromatic N) is 3. The molecule has 1 N–H and O–H groups in total. The van der Waals surface area contributed by atoms with E-state index < -0.39 is 10.8 Å². The molecule has 0 atom stereocenters. The van der Waals surface area contributed by atoms with Crippen LogP contribution in [0.25, 0.3) is 0 Å². The largest absolute Gasteiger partial charge is 0.338 e. The Kier molecular flexibility index (Phi) is 6.26. The van der Waals surface area contributed by atoms with Gasteiger partial charge in [-0.15, -0.1) is 11.3 Å². The summed E-state index contributed by atoms with van der Waals surface area (Å²) >= 11 is 1.03. The molecule has 0 saturated carbocycles. The van der Waals surface area contributed by atoms with Crippen molar-refractivity contribution in [1.82, 2.24) is 4.90 Å². The summed E-state index contributed by atoms with van der Waals surface area (Å²) in [6.45, 7) is 6.45. The van der Waals surface area contributed by atoms with Crippen molar-refractivity contribution in [2.45, 2.75) is 20.8 Å². The Bertz CT molecular complexity index is 941. The standard InChI is InChI=1S/C18H18N4O4S/c1-4-21(5-2)18(24)15-11(3)14(10-19)17(27-15)20-16(23)12-7-6-8-13(9-12)22(25)26/h6-9H,4-5H2,1-3H3,(H,20,23). The SMILES string of the molecule is CCN(CC)C(=O)c1sc(NC(=O)c2cccc([N+](=O)[O-])c2)c(C#N)c1C. The van der Waals surface area contributed by atoms with E-state index in [4.69, 9.17) is 0 Å². The molecule has 0 aliphatic heterocycles. The Morgan fingerprint density at radius 2 is 2.00 bits per heavy atom. The minimum Gasteiger partial charge on any atom is -0.338 e. The number of nitro groups is 1. The molecule has 27 heavy (non-hydrogen) atoms. The number of hydrogen-bond donors (Lipinski definition) is 1. The lowest BCUT2D eigenvalue weighted by Crippen LogP contribution is -2.30. The van der Waals surface area contributed by atoms with Crippen LogP contribution in [0.15, 0.2) is 24.3 Å². The van der Waals surface area contributed by atoms with E-state index in [1.165, 1.54) is 18.2 Å². The molecule has 2 aromatic rings. The maximum absolute atomic E-state index is 12.6. The number of nitro benzene ring substituents is 1. The molecule has 0 spiro atoms. The van der Waals surface area contributed by atoms with Gasteiger partial charge in [0.25, 0.3) is 17.5 Å². The number of hydrogen-bond acceptors (Lipinski definition) is 6. The second-order valence-corrected chi connectivity index (χ2v) is 6.63. The molecule has 0 aliphatic rings. The Morgan fingerprint density at radius 3 is 2.56 bits per heavy atom. The number of benzene rings is 1. The van der Waals surface area contributed by atoms with Crippen molar-refractivity contribution in [1.29, 1.82) is 5.26 Å². The third-order valence-electron chi connectivity index (χ3n) is 4.05. The summed E-state index contributed by atoms with van der Waals surface area (Å²) in [5, 5.41) is 23.2. The van der Waals surface area contributed by atoms with Gasteiger partial charge in [-0.1, -0.05) is 6.07 Å². The highest BCUT2D eigenvalue weighted by atomic mass is 32.1. The van der Waals surface area contributed by atoms with Gasteiger partial charge in [-0.2, -0.15) is 5.26 Å². The number of thiophene rings is 1. The lowest BCUT2D eigenvalue weighted by atomic mass is 10.1. The Hall–Kier alpha value is -3.25. The molecule has 8 nitrogen and oxygen atoms in total. The van der Waals surface area contributed by atoms with Crippen molar-refractivity contribution < 1.29 is 14.5 Å². The first-order valence-electron chi connectivity index (χ1n) is 8.22. The monoisotopic (exact) mass is 386 g/mol. The van der Waals surface area contributed by atoms with Crippen LogP contribution in [0.1, 0.15) is 45.0 Å². The van der Waals surface area contributed by atoms with E-state index in [9.17, 15) is 25.0 Å². The van der Waals surface area contributed by atoms with Gasteiger partial charge in [0, 0.05) is 30.8 Å². The van der Waals surface area contributed by atoms with Crippen LogP contribution >= 0.6 is 11.3 Å². The first-order valence-corrected chi connectivity index (χ1v) is 9.04. The first-order chi connectivity index (χ1) is 12.8. The highest BCUT2D eigenvalue weighted by molar-refractivity contribution is 7.18. The van der Waals surface area contributed by atoms with Crippen LogP contribution in [0, 0.1) is 28.4 Å². The molecule has 9 heteroatoms. The van der Waals surface area contributed by atoms with Crippen molar-refractivity contribution >= 4 is 33.8 Å². The molecule has 1 heterocycles. The van der Waals surface area contributed by atoms with E-state index in [2.05, 4.69) is 5.32 Å². The van der Waals surface area contributed by atoms with Gasteiger partial charge in [-0.3, -0.25) is 19.7 Å². The summed E-state index contributed by atoms with van der Waals surface area (Å²) in [5.74, 6) is -0.784. The van der Waals surface area contributed by atoms with Crippen LogP contribution in [0.4, 0.5) is 10.7 Å². The van der Waals surface area contributed by atoms with Crippen LogP contribution in [0.2, 0.25) is 0 Å². The Balaban J connectivity index is 2.37. The summed E-state index contributed by atoms with van der Waals surface area (Å²) in [4.78, 5) is 37.4. The minimum absolute atomic E-state index is 0.0933. The summed E-state index contributed by atoms with van der Waals surface area (Å²) in [6, 6.07) is 7.31. The zero-order valence-electron chi connectivity index (χ0n) is 15.1. The van der Waals surface area contributed by atoms with Gasteiger partial charge in [-0.25, -0.2) is 0 Å². The molecular weight excluding hydrogens is 368 g/mol. The van der Waals surface area contributed by atoms with E-state index in [-0.39, 0.29) is 27.7 Å². The zero-order chi connectivity index (χ0) is 20.1. The minimum atomic E-state index is -0.590.